The molecule has 4 heteroatoms. The molecule has 0 aliphatic heterocycles. The Hall–Kier alpha value is -2.07. The van der Waals surface area contributed by atoms with Gasteiger partial charge in [-0.05, 0) is 29.8 Å². The minimum absolute atomic E-state index is 0.194. The summed E-state index contributed by atoms with van der Waals surface area (Å²) in [6.07, 6.45) is 5.71. The van der Waals surface area contributed by atoms with Gasteiger partial charge in [0.1, 0.15) is 0 Å². The Labute approximate surface area is 116 Å². The number of H-pyrrole nitrogens is 1. The summed E-state index contributed by atoms with van der Waals surface area (Å²) in [6.45, 7) is 3.70. The summed E-state index contributed by atoms with van der Waals surface area (Å²) >= 11 is 1.75. The normalized spacial score (nSPS) is 10.7. The van der Waals surface area contributed by atoms with E-state index in [-0.39, 0.29) is 5.56 Å². The quantitative estimate of drug-likeness (QED) is 0.670. The van der Waals surface area contributed by atoms with E-state index in [1.807, 2.05) is 30.4 Å². The van der Waals surface area contributed by atoms with Gasteiger partial charge in [0.25, 0.3) is 5.56 Å². The minimum Gasteiger partial charge on any atom is -0.268 e. The van der Waals surface area contributed by atoms with Gasteiger partial charge in [0.2, 0.25) is 0 Å². The Morgan fingerprint density at radius 1 is 1.16 bits per heavy atom. The summed E-state index contributed by atoms with van der Waals surface area (Å²) in [7, 11) is 0. The summed E-state index contributed by atoms with van der Waals surface area (Å²) in [6, 6.07) is 11.4. The van der Waals surface area contributed by atoms with Gasteiger partial charge < -0.3 is 0 Å². The number of rotatable bonds is 5. The van der Waals surface area contributed by atoms with Crippen LogP contribution < -0.4 is 5.56 Å². The Morgan fingerprint density at radius 2 is 1.95 bits per heavy atom. The lowest BCUT2D eigenvalue weighted by Gasteiger charge is -1.99. The van der Waals surface area contributed by atoms with Crippen LogP contribution in [-0.4, -0.2) is 16.0 Å². The highest BCUT2D eigenvalue weighted by atomic mass is 32.2. The molecule has 0 aliphatic rings. The molecule has 0 unspecified atom stereocenters. The number of nitrogens with one attached hydrogen (secondary N) is 1. The number of hydrogen-bond donors (Lipinski definition) is 1. The van der Waals surface area contributed by atoms with Crippen molar-refractivity contribution in [3.05, 3.63) is 70.7 Å². The van der Waals surface area contributed by atoms with Gasteiger partial charge in [-0.15, -0.1) is 18.3 Å². The molecular weight excluding hydrogens is 256 g/mol. The second kappa shape index (κ2) is 6.75. The molecule has 0 atom stereocenters. The predicted molar refractivity (Wildman–Crippen MR) is 81.1 cm³/mol. The van der Waals surface area contributed by atoms with Crippen molar-refractivity contribution in [3.63, 3.8) is 0 Å². The van der Waals surface area contributed by atoms with Crippen LogP contribution in [0.25, 0.3) is 12.2 Å². The van der Waals surface area contributed by atoms with Crippen molar-refractivity contribution < 1.29 is 0 Å². The largest absolute Gasteiger partial charge is 0.268 e. The van der Waals surface area contributed by atoms with Crippen molar-refractivity contribution in [2.45, 2.75) is 4.90 Å². The van der Waals surface area contributed by atoms with Crippen LogP contribution >= 0.6 is 11.8 Å². The van der Waals surface area contributed by atoms with E-state index >= 15 is 0 Å². The number of aromatic nitrogens is 2. The van der Waals surface area contributed by atoms with Crippen molar-refractivity contribution >= 4 is 23.9 Å². The predicted octanol–water partition coefficient (Wildman–Crippen LogP) is 3.22. The van der Waals surface area contributed by atoms with Gasteiger partial charge in [0.15, 0.2) is 0 Å². The van der Waals surface area contributed by atoms with E-state index in [4.69, 9.17) is 0 Å². The molecule has 2 rings (SSSR count). The van der Waals surface area contributed by atoms with Crippen molar-refractivity contribution in [1.29, 1.82) is 0 Å². The molecule has 0 saturated carbocycles. The van der Waals surface area contributed by atoms with Gasteiger partial charge in [0.05, 0.1) is 5.69 Å². The van der Waals surface area contributed by atoms with E-state index in [1.165, 1.54) is 11.0 Å². The summed E-state index contributed by atoms with van der Waals surface area (Å²) in [5, 5.41) is 6.31. The third-order valence-electron chi connectivity index (χ3n) is 2.40. The maximum atomic E-state index is 10.9. The first-order chi connectivity index (χ1) is 9.28. The lowest BCUT2D eigenvalue weighted by molar-refractivity contribution is 0.977. The van der Waals surface area contributed by atoms with Crippen molar-refractivity contribution in [2.24, 2.45) is 0 Å². The van der Waals surface area contributed by atoms with Gasteiger partial charge in [-0.3, -0.25) is 4.79 Å². The Morgan fingerprint density at radius 3 is 2.58 bits per heavy atom. The average molecular weight is 270 g/mol. The fraction of sp³-hybridized carbons (Fsp3) is 0.0667. The first kappa shape index (κ1) is 13.4. The second-order valence-corrected chi connectivity index (χ2v) is 4.94. The molecule has 0 fully saturated rings. The maximum absolute atomic E-state index is 10.9. The molecule has 1 heterocycles. The molecular formula is C15H14N2OS. The zero-order valence-corrected chi connectivity index (χ0v) is 11.2. The first-order valence-electron chi connectivity index (χ1n) is 5.85. The standard InChI is InChI=1S/C15H14N2OS/c1-2-11-19-14-8-4-12(5-9-14)3-6-13-7-10-15(18)17-16-13/h2-10H,1,11H2,(H,17,18)/b6-3+. The molecule has 1 aromatic carbocycles. The minimum atomic E-state index is -0.194. The van der Waals surface area contributed by atoms with Crippen molar-refractivity contribution in [3.8, 4) is 0 Å². The molecule has 0 aliphatic carbocycles. The molecule has 1 aromatic heterocycles. The van der Waals surface area contributed by atoms with Crippen LogP contribution in [0.5, 0.6) is 0 Å². The Kier molecular flexibility index (Phi) is 4.75. The Bertz CT molecular complexity index is 609. The number of thioether (sulfide) groups is 1. The van der Waals surface area contributed by atoms with Crippen molar-refractivity contribution in [2.75, 3.05) is 5.75 Å². The van der Waals surface area contributed by atoms with Gasteiger partial charge in [0, 0.05) is 16.7 Å². The molecule has 3 nitrogen and oxygen atoms in total. The maximum Gasteiger partial charge on any atom is 0.264 e. The third kappa shape index (κ3) is 4.26. The highest BCUT2D eigenvalue weighted by Crippen LogP contribution is 2.19. The summed E-state index contributed by atoms with van der Waals surface area (Å²) in [5.41, 5.74) is 1.63. The fourth-order valence-corrected chi connectivity index (χ4v) is 2.10. The lowest BCUT2D eigenvalue weighted by Crippen LogP contribution is -2.05. The van der Waals surface area contributed by atoms with Gasteiger partial charge in [-0.2, -0.15) is 5.10 Å². The molecule has 0 saturated heterocycles. The molecule has 1 N–H and O–H groups in total. The second-order valence-electron chi connectivity index (χ2n) is 3.85. The van der Waals surface area contributed by atoms with Gasteiger partial charge in [-0.25, -0.2) is 5.10 Å². The van der Waals surface area contributed by atoms with Crippen molar-refractivity contribution in [1.82, 2.24) is 10.2 Å². The van der Waals surface area contributed by atoms with Crippen LogP contribution in [-0.2, 0) is 0 Å². The molecule has 0 amide bonds. The van der Waals surface area contributed by atoms with Gasteiger partial charge >= 0.3 is 0 Å². The number of nitrogens with zero attached hydrogens (tertiary/aromatic N) is 1. The van der Waals surface area contributed by atoms with Crippen LogP contribution in [0.3, 0.4) is 0 Å². The number of hydrogen-bond acceptors (Lipinski definition) is 3. The van der Waals surface area contributed by atoms with E-state index in [0.29, 0.717) is 0 Å². The lowest BCUT2D eigenvalue weighted by atomic mass is 10.2. The molecule has 0 bridgehead atoms. The fourth-order valence-electron chi connectivity index (χ4n) is 1.46. The Balaban J connectivity index is 2.04. The van der Waals surface area contributed by atoms with Crippen LogP contribution in [0.2, 0.25) is 0 Å². The molecule has 96 valence electrons. The summed E-state index contributed by atoms with van der Waals surface area (Å²) in [5.74, 6) is 0.913. The third-order valence-corrected chi connectivity index (χ3v) is 3.40. The SMILES string of the molecule is C=CCSc1ccc(/C=C/c2ccc(=O)[nH]n2)cc1. The van der Waals surface area contributed by atoms with E-state index in [2.05, 4.69) is 28.9 Å². The molecule has 0 radical (unpaired) electrons. The highest BCUT2D eigenvalue weighted by Gasteiger charge is 1.93. The van der Waals surface area contributed by atoms with E-state index < -0.39 is 0 Å². The topological polar surface area (TPSA) is 45.8 Å². The van der Waals surface area contributed by atoms with Crippen LogP contribution in [0.1, 0.15) is 11.3 Å². The van der Waals surface area contributed by atoms with E-state index in [9.17, 15) is 4.79 Å². The highest BCUT2D eigenvalue weighted by molar-refractivity contribution is 7.99. The van der Waals surface area contributed by atoms with E-state index in [0.717, 1.165) is 17.0 Å². The zero-order chi connectivity index (χ0) is 13.5. The first-order valence-corrected chi connectivity index (χ1v) is 6.84. The smallest absolute Gasteiger partial charge is 0.264 e. The molecule has 0 spiro atoms. The molecule has 19 heavy (non-hydrogen) atoms. The number of benzene rings is 1. The monoisotopic (exact) mass is 270 g/mol. The zero-order valence-electron chi connectivity index (χ0n) is 10.4. The number of aromatic amines is 1. The van der Waals surface area contributed by atoms with Gasteiger partial charge in [-0.1, -0.05) is 24.3 Å². The average Bonchev–Trinajstić information content (AvgIpc) is 2.46. The molecule has 2 aromatic rings. The van der Waals surface area contributed by atoms with Crippen LogP contribution in [0.15, 0.2) is 58.7 Å². The van der Waals surface area contributed by atoms with Crippen LogP contribution in [0, 0.1) is 0 Å². The summed E-state index contributed by atoms with van der Waals surface area (Å²) < 4.78 is 0. The summed E-state index contributed by atoms with van der Waals surface area (Å²) in [4.78, 5) is 12.1. The van der Waals surface area contributed by atoms with Crippen LogP contribution in [0.4, 0.5) is 0 Å². The van der Waals surface area contributed by atoms with E-state index in [1.54, 1.807) is 17.8 Å².